The average Bonchev–Trinajstić information content (AvgIpc) is 2.62. The minimum atomic E-state index is 0. The molecule has 0 saturated carbocycles. The summed E-state index contributed by atoms with van der Waals surface area (Å²) in [5, 5.41) is 3.43. The Morgan fingerprint density at radius 1 is 1.21 bits per heavy atom. The summed E-state index contributed by atoms with van der Waals surface area (Å²) in [6.07, 6.45) is 3.40. The fourth-order valence-corrected chi connectivity index (χ4v) is 3.71. The Kier molecular flexibility index (Phi) is 5.09. The van der Waals surface area contributed by atoms with E-state index < -0.39 is 0 Å². The van der Waals surface area contributed by atoms with Gasteiger partial charge in [0, 0.05) is 22.2 Å². The van der Waals surface area contributed by atoms with Gasteiger partial charge >= 0.3 is 0 Å². The molecule has 2 heterocycles. The molecule has 2 saturated heterocycles. The van der Waals surface area contributed by atoms with Gasteiger partial charge in [0.25, 0.3) is 5.91 Å². The molecule has 0 aliphatic carbocycles. The minimum Gasteiger partial charge on any atom is -0.331 e. The number of amides is 1. The molecule has 1 N–H and O–H groups in total. The first-order chi connectivity index (χ1) is 8.77. The summed E-state index contributed by atoms with van der Waals surface area (Å²) in [4.78, 5) is 14.9. The van der Waals surface area contributed by atoms with Crippen LogP contribution in [0.2, 0.25) is 0 Å². The zero-order valence-electron chi connectivity index (χ0n) is 10.6. The van der Waals surface area contributed by atoms with Gasteiger partial charge in [0.05, 0.1) is 5.56 Å². The highest BCUT2D eigenvalue weighted by molar-refractivity contribution is 14.1. The highest BCUT2D eigenvalue weighted by atomic mass is 127. The van der Waals surface area contributed by atoms with Gasteiger partial charge in [0.15, 0.2) is 0 Å². The zero-order valence-corrected chi connectivity index (χ0v) is 13.6. The van der Waals surface area contributed by atoms with E-state index in [9.17, 15) is 4.79 Å². The Morgan fingerprint density at radius 3 is 2.74 bits per heavy atom. The van der Waals surface area contributed by atoms with Crippen molar-refractivity contribution in [2.24, 2.45) is 0 Å². The number of hydrogen-bond acceptors (Lipinski definition) is 2. The van der Waals surface area contributed by atoms with Gasteiger partial charge in [-0.05, 0) is 60.5 Å². The standard InChI is InChI=1S/C14H17IN2O.ClH/c15-13-4-2-1-3-12(13)14(18)17-10-5-6-11(17)9-16-8-7-10;/h1-4,10-11,16H,5-9H2;1H. The highest BCUT2D eigenvalue weighted by Gasteiger charge is 2.38. The number of carbonyl (C=O) groups is 1. The fourth-order valence-electron chi connectivity index (χ4n) is 3.09. The zero-order chi connectivity index (χ0) is 12.5. The van der Waals surface area contributed by atoms with E-state index in [4.69, 9.17) is 0 Å². The lowest BCUT2D eigenvalue weighted by atomic mass is 10.1. The van der Waals surface area contributed by atoms with Crippen molar-refractivity contribution in [3.05, 3.63) is 33.4 Å². The van der Waals surface area contributed by atoms with E-state index >= 15 is 0 Å². The number of hydrogen-bond donors (Lipinski definition) is 1. The van der Waals surface area contributed by atoms with Gasteiger partial charge in [-0.2, -0.15) is 0 Å². The average molecular weight is 393 g/mol. The molecule has 3 rings (SSSR count). The fraction of sp³-hybridized carbons (Fsp3) is 0.500. The minimum absolute atomic E-state index is 0. The van der Waals surface area contributed by atoms with E-state index in [-0.39, 0.29) is 18.3 Å². The van der Waals surface area contributed by atoms with Crippen molar-refractivity contribution in [2.75, 3.05) is 13.1 Å². The SMILES string of the molecule is Cl.O=C(c1ccccc1I)N1C2CCNCC1CC2. The Hall–Kier alpha value is -0.330. The first-order valence-corrected chi connectivity index (χ1v) is 7.63. The van der Waals surface area contributed by atoms with Crippen LogP contribution in [0.4, 0.5) is 0 Å². The van der Waals surface area contributed by atoms with E-state index in [1.165, 1.54) is 6.42 Å². The number of nitrogens with one attached hydrogen (secondary N) is 1. The van der Waals surface area contributed by atoms with Crippen LogP contribution in [-0.4, -0.2) is 36.0 Å². The number of fused-ring (bicyclic) bond motifs is 2. The summed E-state index contributed by atoms with van der Waals surface area (Å²) in [6.45, 7) is 1.99. The maximum absolute atomic E-state index is 12.7. The van der Waals surface area contributed by atoms with Gasteiger partial charge in [-0.3, -0.25) is 4.79 Å². The molecule has 0 aromatic heterocycles. The highest BCUT2D eigenvalue weighted by Crippen LogP contribution is 2.30. The summed E-state index contributed by atoms with van der Waals surface area (Å²) in [5.74, 6) is 0.219. The van der Waals surface area contributed by atoms with E-state index in [0.717, 1.165) is 35.1 Å². The van der Waals surface area contributed by atoms with Crippen LogP contribution in [-0.2, 0) is 0 Å². The molecule has 0 spiro atoms. The Bertz CT molecular complexity index is 455. The molecule has 19 heavy (non-hydrogen) atoms. The van der Waals surface area contributed by atoms with Crippen LogP contribution >= 0.6 is 35.0 Å². The van der Waals surface area contributed by atoms with Crippen LogP contribution in [0.25, 0.3) is 0 Å². The Balaban J connectivity index is 0.00000133. The number of carbonyl (C=O) groups excluding carboxylic acids is 1. The van der Waals surface area contributed by atoms with Crippen molar-refractivity contribution >= 4 is 40.9 Å². The van der Waals surface area contributed by atoms with Crippen molar-refractivity contribution in [3.8, 4) is 0 Å². The molecule has 2 aliphatic heterocycles. The van der Waals surface area contributed by atoms with E-state index in [1.807, 2.05) is 24.3 Å². The molecule has 1 amide bonds. The molecule has 2 fully saturated rings. The predicted molar refractivity (Wildman–Crippen MR) is 86.9 cm³/mol. The van der Waals surface area contributed by atoms with Crippen molar-refractivity contribution in [3.63, 3.8) is 0 Å². The van der Waals surface area contributed by atoms with Crippen LogP contribution in [0.3, 0.4) is 0 Å². The van der Waals surface area contributed by atoms with Crippen LogP contribution in [0.15, 0.2) is 24.3 Å². The van der Waals surface area contributed by atoms with Gasteiger partial charge in [-0.15, -0.1) is 12.4 Å². The number of rotatable bonds is 1. The predicted octanol–water partition coefficient (Wildman–Crippen LogP) is 2.68. The van der Waals surface area contributed by atoms with Crippen molar-refractivity contribution in [1.29, 1.82) is 0 Å². The van der Waals surface area contributed by atoms with E-state index in [2.05, 4.69) is 32.8 Å². The molecule has 5 heteroatoms. The molecule has 2 unspecified atom stereocenters. The normalized spacial score (nSPS) is 25.6. The third-order valence-corrected chi connectivity index (χ3v) is 4.93. The topological polar surface area (TPSA) is 32.3 Å². The first-order valence-electron chi connectivity index (χ1n) is 6.55. The third-order valence-electron chi connectivity index (χ3n) is 3.99. The van der Waals surface area contributed by atoms with Gasteiger partial charge < -0.3 is 10.2 Å². The summed E-state index contributed by atoms with van der Waals surface area (Å²) in [7, 11) is 0. The van der Waals surface area contributed by atoms with Crippen LogP contribution in [0, 0.1) is 3.57 Å². The third kappa shape index (κ3) is 2.90. The van der Waals surface area contributed by atoms with E-state index in [0.29, 0.717) is 12.1 Å². The van der Waals surface area contributed by atoms with Crippen molar-refractivity contribution in [1.82, 2.24) is 10.2 Å². The number of benzene rings is 1. The van der Waals surface area contributed by atoms with Gasteiger partial charge in [-0.1, -0.05) is 12.1 Å². The molecular formula is C14H18ClIN2O. The van der Waals surface area contributed by atoms with Crippen molar-refractivity contribution in [2.45, 2.75) is 31.3 Å². The lowest BCUT2D eigenvalue weighted by Gasteiger charge is -2.28. The maximum Gasteiger partial charge on any atom is 0.255 e. The number of halogens is 2. The number of nitrogens with zero attached hydrogens (tertiary/aromatic N) is 1. The largest absolute Gasteiger partial charge is 0.331 e. The molecule has 3 nitrogen and oxygen atoms in total. The monoisotopic (exact) mass is 392 g/mol. The lowest BCUT2D eigenvalue weighted by molar-refractivity contribution is 0.0679. The second-order valence-corrected chi connectivity index (χ2v) is 6.23. The second kappa shape index (κ2) is 6.41. The Labute approximate surface area is 133 Å². The summed E-state index contributed by atoms with van der Waals surface area (Å²) in [5.41, 5.74) is 0.858. The molecule has 104 valence electrons. The molecule has 2 aliphatic rings. The summed E-state index contributed by atoms with van der Waals surface area (Å²) >= 11 is 2.25. The van der Waals surface area contributed by atoms with Gasteiger partial charge in [-0.25, -0.2) is 0 Å². The van der Waals surface area contributed by atoms with Gasteiger partial charge in [0.1, 0.15) is 0 Å². The molecule has 0 radical (unpaired) electrons. The summed E-state index contributed by atoms with van der Waals surface area (Å²) < 4.78 is 1.05. The first kappa shape index (κ1) is 15.1. The van der Waals surface area contributed by atoms with Crippen molar-refractivity contribution < 1.29 is 4.79 Å². The van der Waals surface area contributed by atoms with E-state index in [1.54, 1.807) is 0 Å². The lowest BCUT2D eigenvalue weighted by Crippen LogP contribution is -2.42. The maximum atomic E-state index is 12.7. The molecule has 1 aromatic rings. The molecule has 2 atom stereocenters. The van der Waals surface area contributed by atoms with Crippen LogP contribution < -0.4 is 5.32 Å². The van der Waals surface area contributed by atoms with Gasteiger partial charge in [0.2, 0.25) is 0 Å². The van der Waals surface area contributed by atoms with Crippen LogP contribution in [0.1, 0.15) is 29.6 Å². The summed E-state index contributed by atoms with van der Waals surface area (Å²) in [6, 6.07) is 8.72. The molecular weight excluding hydrogens is 375 g/mol. The molecule has 2 bridgehead atoms. The molecule has 1 aromatic carbocycles. The second-order valence-electron chi connectivity index (χ2n) is 5.07. The quantitative estimate of drug-likeness (QED) is 0.745. The Morgan fingerprint density at radius 2 is 1.95 bits per heavy atom. The van der Waals surface area contributed by atoms with Crippen LogP contribution in [0.5, 0.6) is 0 Å². The smallest absolute Gasteiger partial charge is 0.255 e.